The minimum atomic E-state index is -0.570. The van der Waals surface area contributed by atoms with Gasteiger partial charge in [-0.3, -0.25) is 4.79 Å². The number of rotatable bonds is 4. The summed E-state index contributed by atoms with van der Waals surface area (Å²) < 4.78 is 5.16. The third kappa shape index (κ3) is 6.05. The van der Waals surface area contributed by atoms with Crippen LogP contribution in [-0.4, -0.2) is 17.4 Å². The van der Waals surface area contributed by atoms with Gasteiger partial charge in [-0.2, -0.15) is 0 Å². The van der Waals surface area contributed by atoms with Gasteiger partial charge < -0.3 is 4.74 Å². The van der Waals surface area contributed by atoms with Crippen LogP contribution in [0.25, 0.3) is 0 Å². The average molecular weight is 238 g/mol. The summed E-state index contributed by atoms with van der Waals surface area (Å²) in [5, 5.41) is 0. The van der Waals surface area contributed by atoms with Crippen molar-refractivity contribution >= 4 is 11.8 Å². The fourth-order valence-corrected chi connectivity index (χ4v) is 1.10. The van der Waals surface area contributed by atoms with Gasteiger partial charge in [0.05, 0.1) is 5.92 Å². The molecule has 0 heterocycles. The van der Waals surface area contributed by atoms with Gasteiger partial charge in [-0.15, -0.1) is 0 Å². The molecule has 3 nitrogen and oxygen atoms in total. The van der Waals surface area contributed by atoms with Crippen molar-refractivity contribution in [2.75, 3.05) is 0 Å². The normalized spacial score (nSPS) is 12.6. The lowest BCUT2D eigenvalue weighted by Gasteiger charge is -2.21. The molecule has 0 radical (unpaired) electrons. The van der Waals surface area contributed by atoms with Gasteiger partial charge in [-0.25, -0.2) is 4.79 Å². The Labute approximate surface area is 104 Å². The molecule has 0 amide bonds. The van der Waals surface area contributed by atoms with Gasteiger partial charge >= 0.3 is 5.97 Å². The van der Waals surface area contributed by atoms with Crippen LogP contribution in [0, 0.1) is 5.92 Å². The lowest BCUT2D eigenvalue weighted by atomic mass is 9.96. The molecule has 0 aliphatic carbocycles. The summed E-state index contributed by atoms with van der Waals surface area (Å²) in [5.41, 5.74) is 0.528. The maximum atomic E-state index is 11.7. The van der Waals surface area contributed by atoms with Crippen molar-refractivity contribution in [1.82, 2.24) is 0 Å². The summed E-state index contributed by atoms with van der Waals surface area (Å²) in [6.45, 7) is 14.3. The zero-order chi connectivity index (χ0) is 13.8. The Bertz CT molecular complexity index is 352. The molecule has 0 fully saturated rings. The summed E-state index contributed by atoms with van der Waals surface area (Å²) in [5.74, 6) is -1.18. The highest BCUT2D eigenvalue weighted by Gasteiger charge is 2.25. The molecule has 0 spiro atoms. The molecule has 0 saturated carbocycles. The van der Waals surface area contributed by atoms with E-state index in [1.807, 2.05) is 13.8 Å². The van der Waals surface area contributed by atoms with E-state index in [4.69, 9.17) is 4.74 Å². The minimum absolute atomic E-state index is 0.124. The number of hydrogen-bond donors (Lipinski definition) is 0. The number of ether oxygens (including phenoxy) is 1. The van der Waals surface area contributed by atoms with E-state index in [1.165, 1.54) is 6.08 Å². The third-order valence-electron chi connectivity index (χ3n) is 2.04. The van der Waals surface area contributed by atoms with E-state index in [-0.39, 0.29) is 11.4 Å². The van der Waals surface area contributed by atoms with Crippen LogP contribution in [0.2, 0.25) is 0 Å². The number of esters is 1. The van der Waals surface area contributed by atoms with Crippen molar-refractivity contribution in [3.63, 3.8) is 0 Å². The first-order chi connectivity index (χ1) is 7.54. The molecule has 17 heavy (non-hydrogen) atoms. The second kappa shape index (κ2) is 5.80. The van der Waals surface area contributed by atoms with Crippen molar-refractivity contribution in [1.29, 1.82) is 0 Å². The predicted octanol–water partition coefficient (Wildman–Crippen LogP) is 3.06. The Balaban J connectivity index is 4.67. The van der Waals surface area contributed by atoms with Crippen LogP contribution >= 0.6 is 0 Å². The summed E-state index contributed by atoms with van der Waals surface area (Å²) in [6.07, 6.45) is 1.51. The van der Waals surface area contributed by atoms with E-state index >= 15 is 0 Å². The second-order valence-corrected chi connectivity index (χ2v) is 5.37. The molecule has 0 aliphatic rings. The first kappa shape index (κ1) is 15.6. The Morgan fingerprint density at radius 3 is 2.06 bits per heavy atom. The molecule has 0 saturated heterocycles. The summed E-state index contributed by atoms with van der Waals surface area (Å²) in [4.78, 5) is 23.4. The molecule has 0 N–H and O–H groups in total. The predicted molar refractivity (Wildman–Crippen MR) is 68.6 cm³/mol. The largest absolute Gasteiger partial charge is 0.457 e. The lowest BCUT2D eigenvalue weighted by Crippen LogP contribution is -2.27. The minimum Gasteiger partial charge on any atom is -0.457 e. The number of ketones is 1. The third-order valence-corrected chi connectivity index (χ3v) is 2.04. The molecular formula is C14H22O3. The van der Waals surface area contributed by atoms with Gasteiger partial charge in [0, 0.05) is 5.57 Å². The SMILES string of the molecule is C=C(C(=O)OC(C)(C)C)C(C)C(=O)C=C(C)C. The number of carbonyl (C=O) groups is 2. The van der Waals surface area contributed by atoms with Crippen molar-refractivity contribution in [2.45, 2.75) is 47.1 Å². The molecule has 96 valence electrons. The van der Waals surface area contributed by atoms with Crippen LogP contribution in [0.5, 0.6) is 0 Å². The summed E-state index contributed by atoms with van der Waals surface area (Å²) >= 11 is 0. The number of hydrogen-bond acceptors (Lipinski definition) is 3. The van der Waals surface area contributed by atoms with E-state index in [0.717, 1.165) is 5.57 Å². The van der Waals surface area contributed by atoms with Crippen LogP contribution < -0.4 is 0 Å². The molecule has 0 bridgehead atoms. The molecule has 1 unspecified atom stereocenters. The Hall–Kier alpha value is -1.38. The molecule has 0 aromatic heterocycles. The smallest absolute Gasteiger partial charge is 0.334 e. The van der Waals surface area contributed by atoms with Crippen LogP contribution in [0.1, 0.15) is 41.5 Å². The van der Waals surface area contributed by atoms with Gasteiger partial charge in [0.1, 0.15) is 5.60 Å². The number of allylic oxidation sites excluding steroid dienone is 2. The maximum absolute atomic E-state index is 11.7. The van der Waals surface area contributed by atoms with E-state index < -0.39 is 17.5 Å². The van der Waals surface area contributed by atoms with Crippen molar-refractivity contribution in [3.05, 3.63) is 23.8 Å². The van der Waals surface area contributed by atoms with Crippen LogP contribution in [-0.2, 0) is 14.3 Å². The highest BCUT2D eigenvalue weighted by molar-refractivity contribution is 6.01. The quantitative estimate of drug-likeness (QED) is 0.558. The van der Waals surface area contributed by atoms with Crippen LogP contribution in [0.15, 0.2) is 23.8 Å². The zero-order valence-electron chi connectivity index (χ0n) is 11.6. The monoisotopic (exact) mass is 238 g/mol. The average Bonchev–Trinajstić information content (AvgIpc) is 2.11. The Morgan fingerprint density at radius 1 is 1.24 bits per heavy atom. The van der Waals surface area contributed by atoms with Crippen LogP contribution in [0.4, 0.5) is 0 Å². The van der Waals surface area contributed by atoms with Gasteiger partial charge in [0.2, 0.25) is 0 Å². The fourth-order valence-electron chi connectivity index (χ4n) is 1.10. The second-order valence-electron chi connectivity index (χ2n) is 5.37. The van der Waals surface area contributed by atoms with Gasteiger partial charge in [-0.05, 0) is 40.7 Å². The summed E-state index contributed by atoms with van der Waals surface area (Å²) in [7, 11) is 0. The molecule has 3 heteroatoms. The highest BCUT2D eigenvalue weighted by atomic mass is 16.6. The number of carbonyl (C=O) groups excluding carboxylic acids is 2. The Kier molecular flexibility index (Phi) is 5.33. The van der Waals surface area contributed by atoms with E-state index in [0.29, 0.717) is 0 Å². The molecule has 0 aliphatic heterocycles. The van der Waals surface area contributed by atoms with Gasteiger partial charge in [0.15, 0.2) is 5.78 Å². The first-order valence-corrected chi connectivity index (χ1v) is 5.65. The van der Waals surface area contributed by atoms with Gasteiger partial charge in [0.25, 0.3) is 0 Å². The zero-order valence-corrected chi connectivity index (χ0v) is 11.6. The maximum Gasteiger partial charge on any atom is 0.334 e. The highest BCUT2D eigenvalue weighted by Crippen LogP contribution is 2.17. The van der Waals surface area contributed by atoms with E-state index in [1.54, 1.807) is 27.7 Å². The van der Waals surface area contributed by atoms with Gasteiger partial charge in [-0.1, -0.05) is 19.1 Å². The van der Waals surface area contributed by atoms with E-state index in [9.17, 15) is 9.59 Å². The van der Waals surface area contributed by atoms with E-state index in [2.05, 4.69) is 6.58 Å². The van der Waals surface area contributed by atoms with Crippen molar-refractivity contribution < 1.29 is 14.3 Å². The topological polar surface area (TPSA) is 43.4 Å². The molecular weight excluding hydrogens is 216 g/mol. The molecule has 1 atom stereocenters. The molecule has 0 aromatic carbocycles. The first-order valence-electron chi connectivity index (χ1n) is 5.65. The standard InChI is InChI=1S/C14H22O3/c1-9(2)8-12(15)10(3)11(4)13(16)17-14(5,6)7/h8,10H,4H2,1-3,5-7H3. The lowest BCUT2D eigenvalue weighted by molar-refractivity contribution is -0.151. The Morgan fingerprint density at radius 2 is 1.71 bits per heavy atom. The van der Waals surface area contributed by atoms with Crippen LogP contribution in [0.3, 0.4) is 0 Å². The van der Waals surface area contributed by atoms with Crippen molar-refractivity contribution in [3.8, 4) is 0 Å². The molecule has 0 aromatic rings. The summed E-state index contributed by atoms with van der Waals surface area (Å²) in [6, 6.07) is 0. The molecule has 0 rings (SSSR count). The fraction of sp³-hybridized carbons (Fsp3) is 0.571. The van der Waals surface area contributed by atoms with Crippen molar-refractivity contribution in [2.24, 2.45) is 5.92 Å².